The number of pyridine rings is 2. The first-order chi connectivity index (χ1) is 12.2. The summed E-state index contributed by atoms with van der Waals surface area (Å²) >= 11 is 0. The number of nitrogens with zero attached hydrogens (tertiary/aromatic N) is 5. The van der Waals surface area contributed by atoms with Crippen molar-refractivity contribution >= 4 is 49.6 Å². The van der Waals surface area contributed by atoms with Gasteiger partial charge in [-0.05, 0) is 30.3 Å². The molecule has 25 heavy (non-hydrogen) atoms. The number of non-ortho nitro benzene ring substituents is 1. The molecule has 0 spiro atoms. The molecule has 0 aliphatic rings. The van der Waals surface area contributed by atoms with Gasteiger partial charge in [-0.1, -0.05) is 0 Å². The maximum absolute atomic E-state index is 11.0. The Morgan fingerprint density at radius 2 is 1.36 bits per heavy atom. The normalized spacial score (nSPS) is 11.5. The smallest absolute Gasteiger partial charge is 0.258 e. The third-order valence-electron chi connectivity index (χ3n) is 4.21. The first-order valence-corrected chi connectivity index (χ1v) is 7.60. The van der Waals surface area contributed by atoms with E-state index < -0.39 is 4.92 Å². The highest BCUT2D eigenvalue weighted by Crippen LogP contribution is 2.32. The summed E-state index contributed by atoms with van der Waals surface area (Å²) in [5, 5.41) is 12.7. The van der Waals surface area contributed by atoms with E-state index in [9.17, 15) is 10.1 Å². The van der Waals surface area contributed by atoms with Crippen molar-refractivity contribution in [2.45, 2.75) is 0 Å². The van der Waals surface area contributed by atoms with Crippen molar-refractivity contribution in [1.82, 2.24) is 19.9 Å². The fourth-order valence-electron chi connectivity index (χ4n) is 3.10. The van der Waals surface area contributed by atoms with Crippen LogP contribution in [0.3, 0.4) is 0 Å². The van der Waals surface area contributed by atoms with Crippen LogP contribution in [-0.2, 0) is 0 Å². The Morgan fingerprint density at radius 1 is 0.760 bits per heavy atom. The van der Waals surface area contributed by atoms with Gasteiger partial charge in [0.2, 0.25) is 0 Å². The minimum absolute atomic E-state index is 0.00830. The van der Waals surface area contributed by atoms with E-state index in [4.69, 9.17) is 4.98 Å². The largest absolute Gasteiger partial charge is 0.271 e. The Hall–Kier alpha value is -3.74. The molecule has 0 bridgehead atoms. The van der Waals surface area contributed by atoms with E-state index in [1.54, 1.807) is 18.5 Å². The van der Waals surface area contributed by atoms with Gasteiger partial charge in [0.15, 0.2) is 0 Å². The Morgan fingerprint density at radius 3 is 1.96 bits per heavy atom. The van der Waals surface area contributed by atoms with Gasteiger partial charge in [-0.25, -0.2) is 9.97 Å². The third kappa shape index (κ3) is 1.92. The number of aromatic nitrogens is 4. The summed E-state index contributed by atoms with van der Waals surface area (Å²) in [4.78, 5) is 28.9. The van der Waals surface area contributed by atoms with Gasteiger partial charge in [0.1, 0.15) is 0 Å². The van der Waals surface area contributed by atoms with Gasteiger partial charge in [-0.3, -0.25) is 20.1 Å². The predicted octanol–water partition coefficient (Wildman–Crippen LogP) is 3.79. The number of hydrogen-bond acceptors (Lipinski definition) is 6. The van der Waals surface area contributed by atoms with Crippen molar-refractivity contribution in [3.05, 3.63) is 65.0 Å². The van der Waals surface area contributed by atoms with E-state index in [0.29, 0.717) is 22.1 Å². The zero-order chi connectivity index (χ0) is 17.0. The summed E-state index contributed by atoms with van der Waals surface area (Å²) in [5.41, 5.74) is 3.96. The maximum Gasteiger partial charge on any atom is 0.271 e. The number of benzene rings is 2. The zero-order valence-electron chi connectivity index (χ0n) is 12.7. The molecule has 7 nitrogen and oxygen atoms in total. The van der Waals surface area contributed by atoms with Crippen molar-refractivity contribution in [2.75, 3.05) is 0 Å². The lowest BCUT2D eigenvalue weighted by atomic mass is 10.1. The monoisotopic (exact) mass is 327 g/mol. The van der Waals surface area contributed by atoms with E-state index in [-0.39, 0.29) is 5.69 Å². The molecular formula is C18H9N5O2. The van der Waals surface area contributed by atoms with Crippen LogP contribution >= 0.6 is 0 Å². The van der Waals surface area contributed by atoms with Gasteiger partial charge in [-0.2, -0.15) is 0 Å². The van der Waals surface area contributed by atoms with Gasteiger partial charge in [0.25, 0.3) is 5.69 Å². The Kier molecular flexibility index (Phi) is 2.67. The van der Waals surface area contributed by atoms with Crippen molar-refractivity contribution in [3.8, 4) is 0 Å². The molecular weight excluding hydrogens is 318 g/mol. The minimum atomic E-state index is -0.435. The van der Waals surface area contributed by atoms with E-state index in [2.05, 4.69) is 15.0 Å². The minimum Gasteiger partial charge on any atom is -0.258 e. The second-order valence-corrected chi connectivity index (χ2v) is 5.65. The third-order valence-corrected chi connectivity index (χ3v) is 4.21. The quantitative estimate of drug-likeness (QED) is 0.201. The summed E-state index contributed by atoms with van der Waals surface area (Å²) in [6.07, 6.45) is 3.43. The molecule has 0 unspecified atom stereocenters. The van der Waals surface area contributed by atoms with E-state index in [1.165, 1.54) is 12.1 Å². The Bertz CT molecular complexity index is 1330. The molecule has 0 aliphatic carbocycles. The average Bonchev–Trinajstić information content (AvgIpc) is 2.66. The fraction of sp³-hybridized carbons (Fsp3) is 0. The predicted molar refractivity (Wildman–Crippen MR) is 94.3 cm³/mol. The van der Waals surface area contributed by atoms with Gasteiger partial charge < -0.3 is 0 Å². The van der Waals surface area contributed by atoms with Crippen LogP contribution in [0.15, 0.2) is 54.9 Å². The molecule has 0 aliphatic heterocycles. The van der Waals surface area contributed by atoms with Crippen LogP contribution < -0.4 is 0 Å². The standard InChI is InChI=1S/C18H9N5O2/c24-23(25)10-5-6-13-14(9-10)22-18-12-4-2-8-20-16(12)15-11(17(18)21-13)3-1-7-19-15/h1-9H. The van der Waals surface area contributed by atoms with Crippen LogP contribution in [0.25, 0.3) is 43.9 Å². The van der Waals surface area contributed by atoms with E-state index in [1.807, 2.05) is 24.3 Å². The molecule has 0 saturated carbocycles. The highest BCUT2D eigenvalue weighted by molar-refractivity contribution is 6.21. The Labute approximate surface area is 140 Å². The molecule has 0 amide bonds. The van der Waals surface area contributed by atoms with Crippen LogP contribution in [0.5, 0.6) is 0 Å². The van der Waals surface area contributed by atoms with Crippen molar-refractivity contribution in [1.29, 1.82) is 0 Å². The van der Waals surface area contributed by atoms with Crippen LogP contribution in [0, 0.1) is 10.1 Å². The number of hydrogen-bond donors (Lipinski definition) is 0. The van der Waals surface area contributed by atoms with E-state index >= 15 is 0 Å². The molecule has 0 saturated heterocycles. The Balaban J connectivity index is 2.04. The van der Waals surface area contributed by atoms with Crippen LogP contribution in [0.1, 0.15) is 0 Å². The summed E-state index contributed by atoms with van der Waals surface area (Å²) < 4.78 is 0. The lowest BCUT2D eigenvalue weighted by Gasteiger charge is -2.08. The SMILES string of the molecule is O=[N+]([O-])c1ccc2nc3c4cccnc4c4ncccc4c3nc2c1. The van der Waals surface area contributed by atoms with Crippen LogP contribution in [-0.4, -0.2) is 24.9 Å². The molecule has 5 aromatic rings. The average molecular weight is 327 g/mol. The highest BCUT2D eigenvalue weighted by atomic mass is 16.6. The summed E-state index contributed by atoms with van der Waals surface area (Å²) in [5.74, 6) is 0. The molecule has 7 heteroatoms. The molecule has 2 aromatic carbocycles. The van der Waals surface area contributed by atoms with Crippen LogP contribution in [0.4, 0.5) is 5.69 Å². The summed E-state index contributed by atoms with van der Waals surface area (Å²) in [7, 11) is 0. The molecule has 0 N–H and O–H groups in total. The molecule has 0 fully saturated rings. The van der Waals surface area contributed by atoms with Crippen molar-refractivity contribution in [3.63, 3.8) is 0 Å². The van der Waals surface area contributed by atoms with Gasteiger partial charge in [0.05, 0.1) is 38.0 Å². The topological polar surface area (TPSA) is 94.7 Å². The van der Waals surface area contributed by atoms with Crippen LogP contribution in [0.2, 0.25) is 0 Å². The number of nitro benzene ring substituents is 1. The zero-order valence-corrected chi connectivity index (χ0v) is 12.7. The molecule has 0 radical (unpaired) electrons. The second-order valence-electron chi connectivity index (χ2n) is 5.65. The fourth-order valence-corrected chi connectivity index (χ4v) is 3.10. The van der Waals surface area contributed by atoms with Crippen molar-refractivity contribution < 1.29 is 4.92 Å². The van der Waals surface area contributed by atoms with E-state index in [0.717, 1.165) is 21.8 Å². The molecule has 3 heterocycles. The number of fused-ring (bicyclic) bond motifs is 7. The highest BCUT2D eigenvalue weighted by Gasteiger charge is 2.15. The molecule has 118 valence electrons. The van der Waals surface area contributed by atoms with Gasteiger partial charge >= 0.3 is 0 Å². The summed E-state index contributed by atoms with van der Waals surface area (Å²) in [6.45, 7) is 0. The molecule has 0 atom stereocenters. The first kappa shape index (κ1) is 13.7. The lowest BCUT2D eigenvalue weighted by molar-refractivity contribution is -0.384. The van der Waals surface area contributed by atoms with Crippen molar-refractivity contribution in [2.24, 2.45) is 0 Å². The first-order valence-electron chi connectivity index (χ1n) is 7.60. The molecule has 3 aromatic heterocycles. The lowest BCUT2D eigenvalue weighted by Crippen LogP contribution is -1.94. The maximum atomic E-state index is 11.0. The second kappa shape index (κ2) is 4.88. The van der Waals surface area contributed by atoms with Gasteiger partial charge in [0, 0.05) is 35.3 Å². The van der Waals surface area contributed by atoms with Gasteiger partial charge in [-0.15, -0.1) is 0 Å². The number of rotatable bonds is 1. The number of nitro groups is 1. The molecule has 5 rings (SSSR count). The summed E-state index contributed by atoms with van der Waals surface area (Å²) in [6, 6.07) is 12.0.